The summed E-state index contributed by atoms with van der Waals surface area (Å²) in [6.07, 6.45) is 0.856. The van der Waals surface area contributed by atoms with Crippen LogP contribution in [0.4, 0.5) is 5.69 Å². The summed E-state index contributed by atoms with van der Waals surface area (Å²) in [6.45, 7) is 10.7. The molecule has 1 heterocycles. The van der Waals surface area contributed by atoms with E-state index < -0.39 is 6.04 Å². The van der Waals surface area contributed by atoms with Crippen LogP contribution in [0.3, 0.4) is 0 Å². The van der Waals surface area contributed by atoms with E-state index in [0.29, 0.717) is 18.2 Å². The van der Waals surface area contributed by atoms with E-state index >= 15 is 0 Å². The minimum atomic E-state index is -0.837. The normalized spacial score (nSPS) is 12.1. The number of nitrogens with one attached hydrogen (secondary N) is 1. The average Bonchev–Trinajstić information content (AvgIpc) is 3.27. The molecule has 0 spiro atoms. The van der Waals surface area contributed by atoms with Crippen molar-refractivity contribution in [3.05, 3.63) is 89.0 Å². The van der Waals surface area contributed by atoms with Gasteiger partial charge in [0, 0.05) is 12.2 Å². The summed E-state index contributed by atoms with van der Waals surface area (Å²) in [5, 5.41) is 11.5. The lowest BCUT2D eigenvalue weighted by molar-refractivity contribution is -0.127. The zero-order valence-electron chi connectivity index (χ0n) is 22.2. The van der Waals surface area contributed by atoms with Crippen molar-refractivity contribution >= 4 is 28.5 Å². The predicted octanol–water partition coefficient (Wildman–Crippen LogP) is 5.29. The number of anilines is 1. The first kappa shape index (κ1) is 26.1. The highest BCUT2D eigenvalue weighted by Crippen LogP contribution is 2.32. The molecular weight excluding hydrogens is 462 g/mol. The van der Waals surface area contributed by atoms with E-state index in [4.69, 9.17) is 0 Å². The van der Waals surface area contributed by atoms with E-state index in [-0.39, 0.29) is 18.4 Å². The number of nitrogens with zero attached hydrogens (tertiary/aromatic N) is 4. The highest BCUT2D eigenvalue weighted by molar-refractivity contribution is 6.02. The molecule has 37 heavy (non-hydrogen) atoms. The van der Waals surface area contributed by atoms with Crippen molar-refractivity contribution in [3.8, 4) is 0 Å². The molecular formula is C30H35N5O2. The van der Waals surface area contributed by atoms with Crippen LogP contribution in [-0.4, -0.2) is 33.4 Å². The van der Waals surface area contributed by atoms with Crippen molar-refractivity contribution in [1.82, 2.24) is 20.3 Å². The number of carbonyl (C=O) groups excluding carboxylic acids is 2. The molecule has 4 aromatic rings. The summed E-state index contributed by atoms with van der Waals surface area (Å²) in [5.41, 5.74) is 5.95. The monoisotopic (exact) mass is 497 g/mol. The van der Waals surface area contributed by atoms with Crippen LogP contribution in [0.15, 0.2) is 66.7 Å². The lowest BCUT2D eigenvalue weighted by Gasteiger charge is -2.33. The maximum atomic E-state index is 14.1. The van der Waals surface area contributed by atoms with Gasteiger partial charge in [-0.25, -0.2) is 4.68 Å². The van der Waals surface area contributed by atoms with Crippen molar-refractivity contribution in [2.45, 2.75) is 53.6 Å². The van der Waals surface area contributed by atoms with E-state index in [2.05, 4.69) is 29.5 Å². The number of carbonyl (C=O) groups is 2. The van der Waals surface area contributed by atoms with E-state index in [1.54, 1.807) is 9.58 Å². The van der Waals surface area contributed by atoms with Crippen LogP contribution < -0.4 is 10.2 Å². The molecule has 4 rings (SSSR count). The molecule has 0 bridgehead atoms. The number of aromatic nitrogens is 3. The van der Waals surface area contributed by atoms with Gasteiger partial charge in [0.1, 0.15) is 18.1 Å². The van der Waals surface area contributed by atoms with Crippen LogP contribution >= 0.6 is 0 Å². The van der Waals surface area contributed by atoms with E-state index in [9.17, 15) is 9.59 Å². The number of aryl methyl sites for hydroxylation is 3. The number of hydrogen-bond donors (Lipinski definition) is 1. The fourth-order valence-corrected chi connectivity index (χ4v) is 4.38. The minimum absolute atomic E-state index is 0.0461. The first-order chi connectivity index (χ1) is 17.7. The first-order valence-electron chi connectivity index (χ1n) is 12.8. The van der Waals surface area contributed by atoms with Crippen molar-refractivity contribution in [2.24, 2.45) is 5.92 Å². The van der Waals surface area contributed by atoms with E-state index in [1.165, 1.54) is 0 Å². The zero-order valence-corrected chi connectivity index (χ0v) is 22.2. The topological polar surface area (TPSA) is 80.1 Å². The van der Waals surface area contributed by atoms with Gasteiger partial charge < -0.3 is 5.32 Å². The summed E-state index contributed by atoms with van der Waals surface area (Å²) in [5.74, 6) is 0.00613. The van der Waals surface area contributed by atoms with Gasteiger partial charge in [0.2, 0.25) is 11.8 Å². The van der Waals surface area contributed by atoms with Crippen molar-refractivity contribution < 1.29 is 9.59 Å². The number of benzene rings is 3. The summed E-state index contributed by atoms with van der Waals surface area (Å²) in [6, 6.07) is 20.5. The van der Waals surface area contributed by atoms with Crippen molar-refractivity contribution in [1.29, 1.82) is 0 Å². The average molecular weight is 498 g/mol. The Morgan fingerprint density at radius 2 is 1.65 bits per heavy atom. The molecule has 192 valence electrons. The van der Waals surface area contributed by atoms with Crippen LogP contribution in [0, 0.1) is 26.7 Å². The molecule has 0 fully saturated rings. The van der Waals surface area contributed by atoms with Gasteiger partial charge in [0.25, 0.3) is 0 Å². The molecule has 0 saturated heterocycles. The lowest BCUT2D eigenvalue weighted by atomic mass is 9.99. The number of hydrogen-bond acceptors (Lipinski definition) is 4. The Hall–Kier alpha value is -4.00. The second-order valence-corrected chi connectivity index (χ2v) is 10.1. The van der Waals surface area contributed by atoms with Gasteiger partial charge in [0.05, 0.1) is 5.52 Å². The quantitative estimate of drug-likeness (QED) is 0.341. The Morgan fingerprint density at radius 3 is 2.38 bits per heavy atom. The van der Waals surface area contributed by atoms with Crippen LogP contribution in [0.1, 0.15) is 48.6 Å². The molecule has 0 aliphatic carbocycles. The van der Waals surface area contributed by atoms with Crippen LogP contribution in [0.25, 0.3) is 11.0 Å². The van der Waals surface area contributed by atoms with Crippen LogP contribution in [0.2, 0.25) is 0 Å². The second-order valence-electron chi connectivity index (χ2n) is 10.1. The van der Waals surface area contributed by atoms with Gasteiger partial charge in [-0.05, 0) is 68.0 Å². The molecule has 0 aliphatic heterocycles. The lowest BCUT2D eigenvalue weighted by Crippen LogP contribution is -2.46. The molecule has 1 aromatic heterocycles. The molecule has 3 aromatic carbocycles. The number of fused-ring (bicyclic) bond motifs is 1. The number of rotatable bonds is 9. The maximum absolute atomic E-state index is 14.1. The van der Waals surface area contributed by atoms with Gasteiger partial charge in [-0.15, -0.1) is 5.10 Å². The van der Waals surface area contributed by atoms with Gasteiger partial charge in [-0.3, -0.25) is 14.5 Å². The summed E-state index contributed by atoms with van der Waals surface area (Å²) in [7, 11) is 0. The summed E-state index contributed by atoms with van der Waals surface area (Å²) in [4.78, 5) is 29.6. The fourth-order valence-electron chi connectivity index (χ4n) is 4.38. The van der Waals surface area contributed by atoms with Gasteiger partial charge in [0.15, 0.2) is 0 Å². The highest BCUT2D eigenvalue weighted by Gasteiger charge is 2.34. The predicted molar refractivity (Wildman–Crippen MR) is 147 cm³/mol. The van der Waals surface area contributed by atoms with E-state index in [1.807, 2.05) is 87.5 Å². The Labute approximate surface area is 218 Å². The Morgan fingerprint density at radius 1 is 0.946 bits per heavy atom. The third-order valence-electron chi connectivity index (χ3n) is 6.52. The molecule has 1 N–H and O–H groups in total. The standard InChI is InChI=1S/C30H35N5O2/c1-20(2)16-17-31-30(37)29(24-14-11-21(3)12-15-24)35(27-18-22(4)10-13-23(27)5)28(36)19-34-26-9-7-6-8-25(26)32-33-34/h6-15,18,20,29H,16-17,19H2,1-5H3,(H,31,37). The van der Waals surface area contributed by atoms with Gasteiger partial charge in [-0.1, -0.05) is 73.2 Å². The van der Waals surface area contributed by atoms with Gasteiger partial charge >= 0.3 is 0 Å². The Balaban J connectivity index is 1.80. The SMILES string of the molecule is Cc1ccc(C(C(=O)NCCC(C)C)N(C(=O)Cn2nnc3ccccc32)c2cc(C)ccc2C)cc1. The Kier molecular flexibility index (Phi) is 8.01. The van der Waals surface area contributed by atoms with Crippen molar-refractivity contribution in [3.63, 3.8) is 0 Å². The Bertz CT molecular complexity index is 1390. The third kappa shape index (κ3) is 6.05. The van der Waals surface area contributed by atoms with Crippen LogP contribution in [-0.2, 0) is 16.1 Å². The molecule has 2 amide bonds. The summed E-state index contributed by atoms with van der Waals surface area (Å²) < 4.78 is 1.60. The second kappa shape index (κ2) is 11.4. The molecule has 7 heteroatoms. The molecule has 7 nitrogen and oxygen atoms in total. The zero-order chi connectivity index (χ0) is 26.5. The number of amides is 2. The van der Waals surface area contributed by atoms with Crippen LogP contribution in [0.5, 0.6) is 0 Å². The molecule has 1 atom stereocenters. The van der Waals surface area contributed by atoms with E-state index in [0.717, 1.165) is 39.7 Å². The first-order valence-corrected chi connectivity index (χ1v) is 12.8. The fraction of sp³-hybridized carbons (Fsp3) is 0.333. The largest absolute Gasteiger partial charge is 0.354 e. The van der Waals surface area contributed by atoms with Crippen molar-refractivity contribution in [2.75, 3.05) is 11.4 Å². The number of para-hydroxylation sites is 1. The molecule has 0 radical (unpaired) electrons. The summed E-state index contributed by atoms with van der Waals surface area (Å²) >= 11 is 0. The minimum Gasteiger partial charge on any atom is -0.354 e. The molecule has 0 aliphatic rings. The molecule has 1 unspecified atom stereocenters. The maximum Gasteiger partial charge on any atom is 0.249 e. The highest BCUT2D eigenvalue weighted by atomic mass is 16.2. The smallest absolute Gasteiger partial charge is 0.249 e. The van der Waals surface area contributed by atoms with Gasteiger partial charge in [-0.2, -0.15) is 0 Å². The third-order valence-corrected chi connectivity index (χ3v) is 6.52. The molecule has 0 saturated carbocycles.